The number of carbonyl (C=O) groups excluding carboxylic acids is 1. The highest BCUT2D eigenvalue weighted by Crippen LogP contribution is 2.61. The van der Waals surface area contributed by atoms with Gasteiger partial charge in [0.25, 0.3) is 0 Å². The number of nitrogens with two attached hydrogens (primary N) is 1. The molecule has 4 aliphatic carbocycles. The molecule has 17 heavy (non-hydrogen) atoms. The Hall–Kier alpha value is -0.570. The lowest BCUT2D eigenvalue weighted by Gasteiger charge is -2.59. The van der Waals surface area contributed by atoms with Crippen molar-refractivity contribution in [3.05, 3.63) is 0 Å². The van der Waals surface area contributed by atoms with Crippen molar-refractivity contribution in [2.75, 3.05) is 6.61 Å². The van der Waals surface area contributed by atoms with Crippen LogP contribution in [0.15, 0.2) is 0 Å². The second-order valence-corrected chi connectivity index (χ2v) is 6.74. The number of hydrogen-bond donors (Lipinski definition) is 1. The zero-order valence-corrected chi connectivity index (χ0v) is 10.7. The van der Waals surface area contributed by atoms with Crippen LogP contribution in [-0.2, 0) is 9.53 Å². The molecule has 4 fully saturated rings. The van der Waals surface area contributed by atoms with Crippen molar-refractivity contribution in [1.29, 1.82) is 0 Å². The molecule has 0 radical (unpaired) electrons. The van der Waals surface area contributed by atoms with Gasteiger partial charge in [0, 0.05) is 5.54 Å². The van der Waals surface area contributed by atoms with Gasteiger partial charge in [0.2, 0.25) is 0 Å². The molecule has 3 nitrogen and oxygen atoms in total. The Morgan fingerprint density at radius 2 is 1.94 bits per heavy atom. The van der Waals surface area contributed by atoms with Crippen molar-refractivity contribution >= 4 is 5.97 Å². The summed E-state index contributed by atoms with van der Waals surface area (Å²) in [4.78, 5) is 12.3. The summed E-state index contributed by atoms with van der Waals surface area (Å²) in [6, 6.07) is 0. The number of esters is 1. The molecule has 0 aromatic heterocycles. The Morgan fingerprint density at radius 1 is 1.29 bits per heavy atom. The number of rotatable bonds is 3. The van der Waals surface area contributed by atoms with Crippen molar-refractivity contribution in [2.45, 2.75) is 57.4 Å². The highest BCUT2D eigenvalue weighted by molar-refractivity contribution is 5.77. The maximum Gasteiger partial charge on any atom is 0.312 e. The fourth-order valence-electron chi connectivity index (χ4n) is 4.92. The first kappa shape index (κ1) is 11.5. The van der Waals surface area contributed by atoms with Crippen LogP contribution in [0.2, 0.25) is 0 Å². The molecule has 2 atom stereocenters. The third-order valence-electron chi connectivity index (χ3n) is 4.98. The lowest BCUT2D eigenvalue weighted by molar-refractivity contribution is -0.173. The van der Waals surface area contributed by atoms with E-state index in [0.29, 0.717) is 18.4 Å². The quantitative estimate of drug-likeness (QED) is 0.766. The van der Waals surface area contributed by atoms with Gasteiger partial charge >= 0.3 is 5.97 Å². The standard InChI is InChI=1S/C14H23NO2/c1-2-3-17-12(16)13-5-10-4-11(6-13)8-14(15,7-10)9-13/h10-11H,2-9,15H2,1H3/t10-,11-,13?,14?/m1/s1. The SMILES string of the molecule is CCCOC(=O)C12C[C@H]3C[C@@H](CC(N)(C3)C1)C2. The van der Waals surface area contributed by atoms with Crippen LogP contribution in [0.3, 0.4) is 0 Å². The minimum absolute atomic E-state index is 0.0447. The van der Waals surface area contributed by atoms with Gasteiger partial charge in [-0.05, 0) is 56.8 Å². The van der Waals surface area contributed by atoms with Gasteiger partial charge in [0.05, 0.1) is 12.0 Å². The Labute approximate surface area is 103 Å². The summed E-state index contributed by atoms with van der Waals surface area (Å²) >= 11 is 0. The Kier molecular flexibility index (Phi) is 2.51. The molecule has 0 aliphatic heterocycles. The molecule has 0 spiro atoms. The summed E-state index contributed by atoms with van der Waals surface area (Å²) in [7, 11) is 0. The van der Waals surface area contributed by atoms with Crippen LogP contribution in [0, 0.1) is 17.3 Å². The summed E-state index contributed by atoms with van der Waals surface area (Å²) < 4.78 is 5.43. The largest absolute Gasteiger partial charge is 0.465 e. The van der Waals surface area contributed by atoms with Crippen LogP contribution in [-0.4, -0.2) is 18.1 Å². The van der Waals surface area contributed by atoms with Gasteiger partial charge in [-0.2, -0.15) is 0 Å². The molecule has 0 aromatic rings. The van der Waals surface area contributed by atoms with E-state index in [4.69, 9.17) is 10.5 Å². The van der Waals surface area contributed by atoms with Gasteiger partial charge in [-0.1, -0.05) is 6.92 Å². The highest BCUT2D eigenvalue weighted by Gasteiger charge is 2.60. The second kappa shape index (κ2) is 3.71. The van der Waals surface area contributed by atoms with Crippen molar-refractivity contribution in [3.8, 4) is 0 Å². The first-order valence-corrected chi connectivity index (χ1v) is 7.01. The van der Waals surface area contributed by atoms with E-state index in [0.717, 1.165) is 38.5 Å². The third kappa shape index (κ3) is 1.79. The fourth-order valence-corrected chi connectivity index (χ4v) is 4.92. The van der Waals surface area contributed by atoms with Gasteiger partial charge in [0.15, 0.2) is 0 Å². The predicted molar refractivity (Wildman–Crippen MR) is 65.3 cm³/mol. The zero-order valence-electron chi connectivity index (χ0n) is 10.7. The molecule has 0 amide bonds. The zero-order chi connectivity index (χ0) is 12.1. The predicted octanol–water partition coefficient (Wildman–Crippen LogP) is 2.24. The summed E-state index contributed by atoms with van der Waals surface area (Å²) in [6.45, 7) is 2.60. The van der Waals surface area contributed by atoms with Gasteiger partial charge in [-0.15, -0.1) is 0 Å². The minimum Gasteiger partial charge on any atom is -0.465 e. The molecule has 0 saturated heterocycles. The van der Waals surface area contributed by atoms with Crippen LogP contribution in [0.5, 0.6) is 0 Å². The van der Waals surface area contributed by atoms with E-state index in [1.165, 1.54) is 6.42 Å². The van der Waals surface area contributed by atoms with Crippen molar-refractivity contribution in [3.63, 3.8) is 0 Å². The number of carbonyl (C=O) groups is 1. The second-order valence-electron chi connectivity index (χ2n) is 6.74. The van der Waals surface area contributed by atoms with Gasteiger partial charge in [0.1, 0.15) is 0 Å². The number of hydrogen-bond acceptors (Lipinski definition) is 3. The summed E-state index contributed by atoms with van der Waals surface area (Å²) in [5.74, 6) is 1.40. The molecule has 4 bridgehead atoms. The molecular formula is C14H23NO2. The van der Waals surface area contributed by atoms with E-state index in [1.54, 1.807) is 0 Å². The molecule has 0 aromatic carbocycles. The maximum atomic E-state index is 12.3. The lowest BCUT2D eigenvalue weighted by Crippen LogP contribution is -2.62. The summed E-state index contributed by atoms with van der Waals surface area (Å²) in [5.41, 5.74) is 6.19. The monoisotopic (exact) mass is 237 g/mol. The van der Waals surface area contributed by atoms with Crippen LogP contribution in [0.4, 0.5) is 0 Å². The number of ether oxygens (including phenoxy) is 1. The van der Waals surface area contributed by atoms with Crippen LogP contribution < -0.4 is 5.73 Å². The molecule has 4 rings (SSSR count). The van der Waals surface area contributed by atoms with Crippen molar-refractivity contribution in [1.82, 2.24) is 0 Å². The Balaban J connectivity index is 1.81. The fraction of sp³-hybridized carbons (Fsp3) is 0.929. The van der Waals surface area contributed by atoms with E-state index in [2.05, 4.69) is 0 Å². The normalized spacial score (nSPS) is 47.2. The molecule has 96 valence electrons. The van der Waals surface area contributed by atoms with Gasteiger partial charge in [-0.25, -0.2) is 0 Å². The Morgan fingerprint density at radius 3 is 2.47 bits per heavy atom. The van der Waals surface area contributed by atoms with Crippen molar-refractivity contribution in [2.24, 2.45) is 23.0 Å². The summed E-state index contributed by atoms with van der Waals surface area (Å²) in [5, 5.41) is 0. The van der Waals surface area contributed by atoms with Crippen LogP contribution in [0.25, 0.3) is 0 Å². The van der Waals surface area contributed by atoms with E-state index < -0.39 is 0 Å². The Bertz CT molecular complexity index is 325. The van der Waals surface area contributed by atoms with Gasteiger partial charge < -0.3 is 10.5 Å². The molecule has 0 heterocycles. The van der Waals surface area contributed by atoms with Crippen LogP contribution >= 0.6 is 0 Å². The first-order valence-electron chi connectivity index (χ1n) is 7.01. The smallest absolute Gasteiger partial charge is 0.312 e. The van der Waals surface area contributed by atoms with E-state index >= 15 is 0 Å². The first-order chi connectivity index (χ1) is 8.05. The molecule has 2 N–H and O–H groups in total. The maximum absolute atomic E-state index is 12.3. The highest BCUT2D eigenvalue weighted by atomic mass is 16.5. The lowest BCUT2D eigenvalue weighted by atomic mass is 9.47. The molecular weight excluding hydrogens is 214 g/mol. The van der Waals surface area contributed by atoms with E-state index in [9.17, 15) is 4.79 Å². The van der Waals surface area contributed by atoms with Gasteiger partial charge in [-0.3, -0.25) is 4.79 Å². The van der Waals surface area contributed by atoms with Crippen molar-refractivity contribution < 1.29 is 9.53 Å². The molecule has 4 aliphatic rings. The molecule has 4 saturated carbocycles. The average Bonchev–Trinajstić information content (AvgIpc) is 2.22. The average molecular weight is 237 g/mol. The van der Waals surface area contributed by atoms with E-state index in [1.807, 2.05) is 6.92 Å². The molecule has 3 heteroatoms. The topological polar surface area (TPSA) is 52.3 Å². The van der Waals surface area contributed by atoms with E-state index in [-0.39, 0.29) is 16.9 Å². The van der Waals surface area contributed by atoms with Crippen LogP contribution in [0.1, 0.15) is 51.9 Å². The third-order valence-corrected chi connectivity index (χ3v) is 4.98. The minimum atomic E-state index is -0.214. The molecule has 0 unspecified atom stereocenters. The summed E-state index contributed by atoms with van der Waals surface area (Å²) in [6.07, 6.45) is 7.40.